The molecule has 0 rings (SSSR count). The second kappa shape index (κ2) is 9.58. The summed E-state index contributed by atoms with van der Waals surface area (Å²) in [5.74, 6) is 0. The number of aliphatic hydroxyl groups excluding tert-OH is 1. The average molecular weight is 218 g/mol. The van der Waals surface area contributed by atoms with Crippen LogP contribution >= 0.6 is 0 Å². The van der Waals surface area contributed by atoms with Crippen LogP contribution in [-0.2, 0) is 0 Å². The Morgan fingerprint density at radius 1 is 1.50 bits per heavy atom. The summed E-state index contributed by atoms with van der Waals surface area (Å²) in [6.07, 6.45) is 2.04. The first-order valence-corrected chi connectivity index (χ1v) is 2.02. The summed E-state index contributed by atoms with van der Waals surface area (Å²) >= 11 is 0. The Hall–Kier alpha value is 1.31. The minimum atomic E-state index is 0. The Morgan fingerprint density at radius 2 is 2.00 bits per heavy atom. The zero-order valence-corrected chi connectivity index (χ0v) is 7.28. The van der Waals surface area contributed by atoms with Gasteiger partial charge in [0.2, 0.25) is 0 Å². The Morgan fingerprint density at radius 3 is 2.00 bits per heavy atom. The van der Waals surface area contributed by atoms with Gasteiger partial charge in [-0.25, -0.2) is 0 Å². The maximum atomic E-state index is 8.07. The van der Waals surface area contributed by atoms with E-state index in [1.54, 1.807) is 0 Å². The second-order valence-corrected chi connectivity index (χ2v) is 1.08. The van der Waals surface area contributed by atoms with Crippen LogP contribution in [0.4, 0.5) is 0 Å². The van der Waals surface area contributed by atoms with Gasteiger partial charge in [-0.15, -0.1) is 0 Å². The second-order valence-electron chi connectivity index (χ2n) is 1.08. The summed E-state index contributed by atoms with van der Waals surface area (Å²) in [7, 11) is 0. The molecule has 0 atom stereocenters. The molecule has 0 aromatic carbocycles. The third-order valence-electron chi connectivity index (χ3n) is 0.512. The van der Waals surface area contributed by atoms with Crippen LogP contribution in [0.1, 0.15) is 19.8 Å². The number of hydrogen-bond acceptors (Lipinski definition) is 1. The first-order valence-electron chi connectivity index (χ1n) is 2.02. The van der Waals surface area contributed by atoms with Crippen LogP contribution in [0.2, 0.25) is 0 Å². The van der Waals surface area contributed by atoms with Crippen molar-refractivity contribution in [2.75, 3.05) is 6.61 Å². The quantitative estimate of drug-likeness (QED) is 0.726. The van der Waals surface area contributed by atoms with E-state index in [1.165, 1.54) is 0 Å². The summed E-state index contributed by atoms with van der Waals surface area (Å²) in [5, 5.41) is 8.07. The molecule has 0 aliphatic rings. The van der Waals surface area contributed by atoms with Gasteiger partial charge in [0, 0.05) is 47.4 Å². The molecule has 0 aromatic heterocycles. The van der Waals surface area contributed by atoms with Gasteiger partial charge in [0.05, 0.1) is 0 Å². The molecule has 0 fully saturated rings. The van der Waals surface area contributed by atoms with Crippen molar-refractivity contribution in [3.05, 3.63) is 0 Å². The van der Waals surface area contributed by atoms with Crippen molar-refractivity contribution < 1.29 is 45.9 Å². The summed E-state index contributed by atoms with van der Waals surface area (Å²) < 4.78 is 0. The molecular formula is C4H10NdO. The molecule has 6 heavy (non-hydrogen) atoms. The first-order chi connectivity index (χ1) is 2.41. The molecule has 0 aliphatic heterocycles. The van der Waals surface area contributed by atoms with E-state index < -0.39 is 0 Å². The summed E-state index contributed by atoms with van der Waals surface area (Å²) in [4.78, 5) is 0. The van der Waals surface area contributed by atoms with E-state index in [1.807, 2.05) is 0 Å². The van der Waals surface area contributed by atoms with Crippen LogP contribution in [0, 0.1) is 40.8 Å². The fraction of sp³-hybridized carbons (Fsp3) is 1.00. The van der Waals surface area contributed by atoms with Crippen LogP contribution < -0.4 is 0 Å². The van der Waals surface area contributed by atoms with E-state index in [9.17, 15) is 0 Å². The standard InChI is InChI=1S/C4H10O.Nd/c1-2-3-4-5;/h5H,2-4H2,1H3;. The topological polar surface area (TPSA) is 20.2 Å². The number of aliphatic hydroxyl groups is 1. The summed E-state index contributed by atoms with van der Waals surface area (Å²) in [6.45, 7) is 2.40. The van der Waals surface area contributed by atoms with Gasteiger partial charge < -0.3 is 5.11 Å². The van der Waals surface area contributed by atoms with Crippen LogP contribution in [0.3, 0.4) is 0 Å². The maximum Gasteiger partial charge on any atom is 0.0430 e. The SMILES string of the molecule is CCCCO.[Nd]. The molecule has 0 saturated carbocycles. The molecule has 0 spiro atoms. The van der Waals surface area contributed by atoms with Crippen molar-refractivity contribution in [2.24, 2.45) is 0 Å². The molecule has 0 saturated heterocycles. The smallest absolute Gasteiger partial charge is 0.0430 e. The predicted octanol–water partition coefficient (Wildman–Crippen LogP) is 0.779. The average Bonchev–Trinajstić information content (AvgIpc) is 1.41. The minimum Gasteiger partial charge on any atom is -0.396 e. The molecule has 0 unspecified atom stereocenters. The van der Waals surface area contributed by atoms with Crippen molar-refractivity contribution in [3.63, 3.8) is 0 Å². The molecular weight excluding hydrogens is 208 g/mol. The van der Waals surface area contributed by atoms with Gasteiger partial charge in [0.15, 0.2) is 0 Å². The molecule has 0 radical (unpaired) electrons. The van der Waals surface area contributed by atoms with Gasteiger partial charge in [-0.2, -0.15) is 0 Å². The van der Waals surface area contributed by atoms with Crippen molar-refractivity contribution in [3.8, 4) is 0 Å². The van der Waals surface area contributed by atoms with Gasteiger partial charge in [-0.3, -0.25) is 0 Å². The zero-order chi connectivity index (χ0) is 4.12. The molecule has 36 valence electrons. The maximum absolute atomic E-state index is 8.07. The molecule has 0 aliphatic carbocycles. The van der Waals surface area contributed by atoms with Crippen molar-refractivity contribution in [1.82, 2.24) is 0 Å². The predicted molar refractivity (Wildman–Crippen MR) is 22.0 cm³/mol. The number of hydrogen-bond donors (Lipinski definition) is 1. The van der Waals surface area contributed by atoms with E-state index in [-0.39, 0.29) is 40.8 Å². The fourth-order valence-corrected chi connectivity index (χ4v) is 0.158. The van der Waals surface area contributed by atoms with E-state index in [0.717, 1.165) is 12.8 Å². The van der Waals surface area contributed by atoms with Gasteiger partial charge >= 0.3 is 0 Å². The Balaban J connectivity index is 0. The van der Waals surface area contributed by atoms with Crippen LogP contribution in [0.25, 0.3) is 0 Å². The summed E-state index contributed by atoms with van der Waals surface area (Å²) in [6, 6.07) is 0. The molecule has 1 N–H and O–H groups in total. The number of unbranched alkanes of at least 4 members (excludes halogenated alkanes) is 1. The molecule has 1 nitrogen and oxygen atoms in total. The molecule has 0 amide bonds. The van der Waals surface area contributed by atoms with E-state index in [2.05, 4.69) is 6.92 Å². The Labute approximate surface area is 71.7 Å². The third-order valence-corrected chi connectivity index (χ3v) is 0.512. The zero-order valence-electron chi connectivity index (χ0n) is 4.07. The molecule has 0 bridgehead atoms. The summed E-state index contributed by atoms with van der Waals surface area (Å²) in [5.41, 5.74) is 0. The largest absolute Gasteiger partial charge is 0.396 e. The fourth-order valence-electron chi connectivity index (χ4n) is 0.158. The number of rotatable bonds is 2. The molecule has 2 heteroatoms. The Bertz CT molecular complexity index is 15.0. The Kier molecular flexibility index (Phi) is 16.5. The monoisotopic (exact) mass is 216 g/mol. The van der Waals surface area contributed by atoms with Gasteiger partial charge in [0.1, 0.15) is 0 Å². The van der Waals surface area contributed by atoms with Crippen LogP contribution in [0.5, 0.6) is 0 Å². The normalized spacial score (nSPS) is 7.00. The van der Waals surface area contributed by atoms with Crippen LogP contribution in [0.15, 0.2) is 0 Å². The third kappa shape index (κ3) is 9.00. The van der Waals surface area contributed by atoms with Gasteiger partial charge in [-0.05, 0) is 6.42 Å². The van der Waals surface area contributed by atoms with Crippen molar-refractivity contribution in [1.29, 1.82) is 0 Å². The van der Waals surface area contributed by atoms with Crippen molar-refractivity contribution in [2.45, 2.75) is 19.8 Å². The van der Waals surface area contributed by atoms with E-state index in [4.69, 9.17) is 5.11 Å². The van der Waals surface area contributed by atoms with Crippen molar-refractivity contribution >= 4 is 0 Å². The molecule has 0 heterocycles. The minimum absolute atomic E-state index is 0. The van der Waals surface area contributed by atoms with E-state index in [0.29, 0.717) is 6.61 Å². The van der Waals surface area contributed by atoms with Gasteiger partial charge in [0.25, 0.3) is 0 Å². The van der Waals surface area contributed by atoms with Gasteiger partial charge in [-0.1, -0.05) is 13.3 Å². The van der Waals surface area contributed by atoms with Crippen LogP contribution in [-0.4, -0.2) is 11.7 Å². The first kappa shape index (κ1) is 10.3. The van der Waals surface area contributed by atoms with E-state index >= 15 is 0 Å². The molecule has 0 aromatic rings.